The van der Waals surface area contributed by atoms with E-state index in [0.717, 1.165) is 23.6 Å². The topological polar surface area (TPSA) is 58.6 Å². The van der Waals surface area contributed by atoms with Gasteiger partial charge in [-0.25, -0.2) is 4.79 Å². The van der Waals surface area contributed by atoms with Gasteiger partial charge in [0.05, 0.1) is 6.10 Å². The fourth-order valence-corrected chi connectivity index (χ4v) is 2.14. The van der Waals surface area contributed by atoms with Crippen molar-refractivity contribution in [1.29, 1.82) is 0 Å². The lowest BCUT2D eigenvalue weighted by Gasteiger charge is -2.12. The summed E-state index contributed by atoms with van der Waals surface area (Å²) in [6.07, 6.45) is 0.762. The van der Waals surface area contributed by atoms with Crippen LogP contribution in [0.4, 0.5) is 0 Å². The third-order valence-electron chi connectivity index (χ3n) is 3.00. The van der Waals surface area contributed by atoms with Crippen molar-refractivity contribution in [1.82, 2.24) is 5.32 Å². The summed E-state index contributed by atoms with van der Waals surface area (Å²) in [5, 5.41) is 12.8. The Balaban J connectivity index is 1.70. The number of ether oxygens (including phenoxy) is 1. The maximum absolute atomic E-state index is 10.7. The molecule has 0 saturated carbocycles. The van der Waals surface area contributed by atoms with Crippen molar-refractivity contribution in [2.75, 3.05) is 6.54 Å². The van der Waals surface area contributed by atoms with Crippen LogP contribution < -0.4 is 5.32 Å². The molecule has 1 aliphatic rings. The van der Waals surface area contributed by atoms with E-state index in [-0.39, 0.29) is 6.10 Å². The van der Waals surface area contributed by atoms with Crippen molar-refractivity contribution in [3.05, 3.63) is 34.9 Å². The van der Waals surface area contributed by atoms with Crippen molar-refractivity contribution < 1.29 is 14.6 Å². The second-order valence-electron chi connectivity index (χ2n) is 4.42. The van der Waals surface area contributed by atoms with Crippen LogP contribution in [0.2, 0.25) is 5.02 Å². The highest BCUT2D eigenvalue weighted by atomic mass is 35.5. The van der Waals surface area contributed by atoms with Crippen molar-refractivity contribution in [3.63, 3.8) is 0 Å². The first kappa shape index (κ1) is 13.3. The maximum atomic E-state index is 10.7. The van der Waals surface area contributed by atoms with Crippen molar-refractivity contribution in [2.24, 2.45) is 0 Å². The standard InChI is InChI=1S/C13H16ClNO3/c14-10-3-1-9(2-4-10)7-15-8-11-5-6-12(18-11)13(16)17/h1-4,11-12,15H,5-8H2,(H,16,17). The first-order valence-electron chi connectivity index (χ1n) is 5.98. The summed E-state index contributed by atoms with van der Waals surface area (Å²) in [6, 6.07) is 7.63. The Hall–Kier alpha value is -1.10. The summed E-state index contributed by atoms with van der Waals surface area (Å²) in [4.78, 5) is 10.7. The number of halogens is 1. The van der Waals surface area contributed by atoms with Crippen molar-refractivity contribution in [2.45, 2.75) is 31.6 Å². The fourth-order valence-electron chi connectivity index (χ4n) is 2.02. The molecule has 1 aromatic rings. The van der Waals surface area contributed by atoms with Crippen molar-refractivity contribution >= 4 is 17.6 Å². The van der Waals surface area contributed by atoms with E-state index in [1.165, 1.54) is 0 Å². The predicted octanol–water partition coefficient (Wildman–Crippen LogP) is 2.06. The van der Waals surface area contributed by atoms with Crippen LogP contribution in [0.25, 0.3) is 0 Å². The van der Waals surface area contributed by atoms with Gasteiger partial charge in [-0.2, -0.15) is 0 Å². The fraction of sp³-hybridized carbons (Fsp3) is 0.462. The average Bonchev–Trinajstić information content (AvgIpc) is 2.81. The quantitative estimate of drug-likeness (QED) is 0.859. The predicted molar refractivity (Wildman–Crippen MR) is 68.7 cm³/mol. The van der Waals surface area contributed by atoms with E-state index in [9.17, 15) is 4.79 Å². The lowest BCUT2D eigenvalue weighted by molar-refractivity contribution is -0.149. The van der Waals surface area contributed by atoms with E-state index in [4.69, 9.17) is 21.4 Å². The molecule has 1 aromatic carbocycles. The van der Waals surface area contributed by atoms with Gasteiger partial charge < -0.3 is 15.2 Å². The Kier molecular flexibility index (Phi) is 4.58. The number of hydrogen-bond donors (Lipinski definition) is 2. The maximum Gasteiger partial charge on any atom is 0.332 e. The number of benzene rings is 1. The molecule has 98 valence electrons. The molecule has 1 heterocycles. The minimum atomic E-state index is -0.866. The Morgan fingerprint density at radius 1 is 1.39 bits per heavy atom. The zero-order valence-corrected chi connectivity index (χ0v) is 10.7. The second kappa shape index (κ2) is 6.18. The largest absolute Gasteiger partial charge is 0.479 e. The van der Waals surface area contributed by atoms with Crippen molar-refractivity contribution in [3.8, 4) is 0 Å². The van der Waals surface area contributed by atoms with Gasteiger partial charge >= 0.3 is 5.97 Å². The molecular weight excluding hydrogens is 254 g/mol. The first-order valence-corrected chi connectivity index (χ1v) is 6.36. The van der Waals surface area contributed by atoms with Crippen LogP contribution in [0.3, 0.4) is 0 Å². The minimum Gasteiger partial charge on any atom is -0.479 e. The summed E-state index contributed by atoms with van der Waals surface area (Å²) < 4.78 is 5.40. The monoisotopic (exact) mass is 269 g/mol. The van der Waals surface area contributed by atoms with Crippen LogP contribution in [0.5, 0.6) is 0 Å². The van der Waals surface area contributed by atoms with Crippen LogP contribution in [0.15, 0.2) is 24.3 Å². The third-order valence-corrected chi connectivity index (χ3v) is 3.25. The second-order valence-corrected chi connectivity index (χ2v) is 4.86. The molecule has 0 amide bonds. The van der Waals surface area contributed by atoms with E-state index < -0.39 is 12.1 Å². The molecule has 1 saturated heterocycles. The molecule has 2 unspecified atom stereocenters. The number of carboxylic acids is 1. The smallest absolute Gasteiger partial charge is 0.332 e. The lowest BCUT2D eigenvalue weighted by Crippen LogP contribution is -2.28. The van der Waals surface area contributed by atoms with E-state index in [0.29, 0.717) is 13.0 Å². The molecule has 18 heavy (non-hydrogen) atoms. The molecule has 0 radical (unpaired) electrons. The van der Waals surface area contributed by atoms with Gasteiger partial charge in [0.1, 0.15) is 0 Å². The summed E-state index contributed by atoms with van der Waals surface area (Å²) in [6.45, 7) is 1.40. The van der Waals surface area contributed by atoms with Gasteiger partial charge in [-0.3, -0.25) is 0 Å². The highest BCUT2D eigenvalue weighted by molar-refractivity contribution is 6.30. The molecule has 0 spiro atoms. The average molecular weight is 270 g/mol. The molecule has 0 aliphatic carbocycles. The lowest BCUT2D eigenvalue weighted by atomic mass is 10.2. The number of aliphatic carboxylic acids is 1. The van der Waals surface area contributed by atoms with Crippen LogP contribution in [0, 0.1) is 0 Å². The molecule has 2 atom stereocenters. The first-order chi connectivity index (χ1) is 8.65. The van der Waals surface area contributed by atoms with E-state index in [1.807, 2.05) is 24.3 Å². The minimum absolute atomic E-state index is 0.00148. The van der Waals surface area contributed by atoms with Crippen LogP contribution in [0.1, 0.15) is 18.4 Å². The van der Waals surface area contributed by atoms with Gasteiger partial charge in [0.25, 0.3) is 0 Å². The van der Waals surface area contributed by atoms with Crippen LogP contribution in [-0.4, -0.2) is 29.8 Å². The van der Waals surface area contributed by atoms with Gasteiger partial charge in [0.15, 0.2) is 6.10 Å². The van der Waals surface area contributed by atoms with E-state index in [1.54, 1.807) is 0 Å². The van der Waals surface area contributed by atoms with Crippen LogP contribution >= 0.6 is 11.6 Å². The van der Waals surface area contributed by atoms with E-state index in [2.05, 4.69) is 5.32 Å². The van der Waals surface area contributed by atoms with Gasteiger partial charge in [-0.15, -0.1) is 0 Å². The summed E-state index contributed by atoms with van der Waals surface area (Å²) in [5.74, 6) is -0.866. The van der Waals surface area contributed by atoms with Crippen LogP contribution in [-0.2, 0) is 16.1 Å². The Morgan fingerprint density at radius 3 is 2.72 bits per heavy atom. The molecular formula is C13H16ClNO3. The number of carboxylic acid groups (broad SMARTS) is 1. The number of hydrogen-bond acceptors (Lipinski definition) is 3. The molecule has 2 rings (SSSR count). The third kappa shape index (κ3) is 3.70. The molecule has 0 aromatic heterocycles. The molecule has 2 N–H and O–H groups in total. The van der Waals surface area contributed by atoms with Gasteiger partial charge in [-0.1, -0.05) is 23.7 Å². The molecule has 1 aliphatic heterocycles. The normalized spacial score (nSPS) is 23.2. The number of nitrogens with one attached hydrogen (secondary N) is 1. The summed E-state index contributed by atoms with van der Waals surface area (Å²) in [5.41, 5.74) is 1.15. The number of carbonyl (C=O) groups is 1. The Bertz CT molecular complexity index is 407. The van der Waals surface area contributed by atoms with E-state index >= 15 is 0 Å². The highest BCUT2D eigenvalue weighted by Gasteiger charge is 2.29. The SMILES string of the molecule is O=C(O)C1CCC(CNCc2ccc(Cl)cc2)O1. The summed E-state index contributed by atoms with van der Waals surface area (Å²) >= 11 is 5.80. The number of rotatable bonds is 5. The van der Waals surface area contributed by atoms with Gasteiger partial charge in [0.2, 0.25) is 0 Å². The zero-order chi connectivity index (χ0) is 13.0. The molecule has 4 nitrogen and oxygen atoms in total. The molecule has 1 fully saturated rings. The van der Waals surface area contributed by atoms with Gasteiger partial charge in [0, 0.05) is 18.1 Å². The summed E-state index contributed by atoms with van der Waals surface area (Å²) in [7, 11) is 0. The van der Waals surface area contributed by atoms with Gasteiger partial charge in [-0.05, 0) is 30.5 Å². The molecule has 0 bridgehead atoms. The molecule has 5 heteroatoms. The Morgan fingerprint density at radius 2 is 2.11 bits per heavy atom. The highest BCUT2D eigenvalue weighted by Crippen LogP contribution is 2.19. The Labute approximate surface area is 111 Å². The zero-order valence-electron chi connectivity index (χ0n) is 9.93.